The first-order valence-corrected chi connectivity index (χ1v) is 13.7. The van der Waals surface area contributed by atoms with Gasteiger partial charge in [-0.3, -0.25) is 9.10 Å². The number of rotatable bonds is 5. The molecule has 4 aromatic carbocycles. The number of ether oxygens (including phenoxy) is 1. The Bertz CT molecular complexity index is 1560. The summed E-state index contributed by atoms with van der Waals surface area (Å²) in [5.41, 5.74) is 2.18. The van der Waals surface area contributed by atoms with E-state index in [9.17, 15) is 13.2 Å². The lowest BCUT2D eigenvalue weighted by Gasteiger charge is -2.36. The van der Waals surface area contributed by atoms with E-state index in [4.69, 9.17) is 4.74 Å². The minimum atomic E-state index is -3.92. The van der Waals surface area contributed by atoms with E-state index < -0.39 is 16.1 Å². The zero-order valence-corrected chi connectivity index (χ0v) is 22.0. The Morgan fingerprint density at radius 2 is 1.62 bits per heavy atom. The summed E-state index contributed by atoms with van der Waals surface area (Å²) in [7, 11) is -3.92. The van der Waals surface area contributed by atoms with Gasteiger partial charge in [-0.2, -0.15) is 0 Å². The van der Waals surface area contributed by atoms with Gasteiger partial charge in [-0.15, -0.1) is 0 Å². The monoisotopic (exact) mass is 514 g/mol. The number of benzene rings is 4. The predicted octanol–water partition coefficient (Wildman–Crippen LogP) is 5.41. The molecule has 0 unspecified atom stereocenters. The summed E-state index contributed by atoms with van der Waals surface area (Å²) in [6.45, 7) is 6.39. The highest BCUT2D eigenvalue weighted by Gasteiger charge is 2.38. The molecule has 7 heteroatoms. The van der Waals surface area contributed by atoms with Crippen molar-refractivity contribution < 1.29 is 17.9 Å². The topological polar surface area (TPSA) is 75.7 Å². The highest BCUT2D eigenvalue weighted by Crippen LogP contribution is 2.40. The third kappa shape index (κ3) is 5.04. The lowest BCUT2D eigenvalue weighted by atomic mass is 9.86. The maximum atomic E-state index is 13.7. The van der Waals surface area contributed by atoms with Crippen LogP contribution >= 0.6 is 0 Å². The number of carbonyl (C=O) groups is 1. The van der Waals surface area contributed by atoms with Crippen LogP contribution < -0.4 is 14.4 Å². The minimum absolute atomic E-state index is 0.124. The number of amides is 1. The number of hydrogen-bond acceptors (Lipinski definition) is 4. The fourth-order valence-electron chi connectivity index (χ4n) is 4.45. The molecule has 190 valence electrons. The van der Waals surface area contributed by atoms with Crippen molar-refractivity contribution in [1.82, 2.24) is 5.32 Å². The molecule has 37 heavy (non-hydrogen) atoms. The van der Waals surface area contributed by atoms with Gasteiger partial charge in [-0.25, -0.2) is 8.42 Å². The van der Waals surface area contributed by atoms with Gasteiger partial charge in [0.15, 0.2) is 6.10 Å². The SMILES string of the molecule is CC(C)(C)c1ccc2c(c1)N(S(=O)(=O)c1ccccc1)C[C@H](C(=O)NCc1ccc3ccccc3c1)O2. The molecule has 1 heterocycles. The van der Waals surface area contributed by atoms with Crippen LogP contribution in [-0.4, -0.2) is 27.0 Å². The van der Waals surface area contributed by atoms with Crippen LogP contribution in [0, 0.1) is 0 Å². The van der Waals surface area contributed by atoms with E-state index in [0.717, 1.165) is 21.9 Å². The predicted molar refractivity (Wildman–Crippen MR) is 146 cm³/mol. The largest absolute Gasteiger partial charge is 0.476 e. The number of anilines is 1. The van der Waals surface area contributed by atoms with Gasteiger partial charge in [0.05, 0.1) is 17.1 Å². The van der Waals surface area contributed by atoms with Crippen LogP contribution in [-0.2, 0) is 26.8 Å². The van der Waals surface area contributed by atoms with Crippen LogP contribution in [0.5, 0.6) is 5.75 Å². The van der Waals surface area contributed by atoms with E-state index in [1.807, 2.05) is 54.6 Å². The summed E-state index contributed by atoms with van der Waals surface area (Å²) in [5, 5.41) is 5.14. The summed E-state index contributed by atoms with van der Waals surface area (Å²) < 4.78 is 34.8. The van der Waals surface area contributed by atoms with Crippen molar-refractivity contribution in [3.05, 3.63) is 102 Å². The smallest absolute Gasteiger partial charge is 0.264 e. The molecule has 1 N–H and O–H groups in total. The van der Waals surface area contributed by atoms with Crippen molar-refractivity contribution in [3.8, 4) is 5.75 Å². The maximum absolute atomic E-state index is 13.7. The van der Waals surface area contributed by atoms with Crippen molar-refractivity contribution in [3.63, 3.8) is 0 Å². The molecule has 1 atom stereocenters. The van der Waals surface area contributed by atoms with Gasteiger partial charge >= 0.3 is 0 Å². The summed E-state index contributed by atoms with van der Waals surface area (Å²) in [4.78, 5) is 13.4. The summed E-state index contributed by atoms with van der Waals surface area (Å²) in [6, 6.07) is 27.9. The molecular formula is C30H30N2O4S. The maximum Gasteiger partial charge on any atom is 0.264 e. The molecule has 1 aliphatic heterocycles. The van der Waals surface area contributed by atoms with Gasteiger partial charge in [0.2, 0.25) is 0 Å². The quantitative estimate of drug-likeness (QED) is 0.386. The Balaban J connectivity index is 1.44. The van der Waals surface area contributed by atoms with E-state index in [1.54, 1.807) is 36.4 Å². The van der Waals surface area contributed by atoms with Crippen molar-refractivity contribution >= 4 is 32.4 Å². The second kappa shape index (κ2) is 9.56. The zero-order chi connectivity index (χ0) is 26.2. The molecule has 4 aromatic rings. The first-order valence-electron chi connectivity index (χ1n) is 12.3. The Hall–Kier alpha value is -3.84. The van der Waals surface area contributed by atoms with Gasteiger partial charge < -0.3 is 10.1 Å². The van der Waals surface area contributed by atoms with Gasteiger partial charge in [-0.1, -0.05) is 81.4 Å². The molecule has 0 aromatic heterocycles. The molecule has 0 aliphatic carbocycles. The number of nitrogens with one attached hydrogen (secondary N) is 1. The van der Waals surface area contributed by atoms with Crippen molar-refractivity contribution in [2.45, 2.75) is 43.7 Å². The molecule has 0 fully saturated rings. The van der Waals surface area contributed by atoms with Crippen molar-refractivity contribution in [2.24, 2.45) is 0 Å². The normalized spacial score (nSPS) is 15.6. The minimum Gasteiger partial charge on any atom is -0.476 e. The van der Waals surface area contributed by atoms with Crippen LogP contribution in [0.2, 0.25) is 0 Å². The van der Waals surface area contributed by atoms with Crippen molar-refractivity contribution in [1.29, 1.82) is 0 Å². The number of carbonyl (C=O) groups excluding carboxylic acids is 1. The molecule has 1 amide bonds. The fraction of sp³-hybridized carbons (Fsp3) is 0.233. The standard InChI is InChI=1S/C30H30N2O4S/c1-30(2,3)24-15-16-27-26(18-24)32(37(34,35)25-11-5-4-6-12-25)20-28(36-27)29(33)31-19-21-13-14-22-9-7-8-10-23(22)17-21/h4-18,28H,19-20H2,1-3H3,(H,31,33)/t28-/m1/s1. The van der Waals surface area contributed by atoms with E-state index in [1.165, 1.54) is 4.31 Å². The number of fused-ring (bicyclic) bond motifs is 2. The van der Waals surface area contributed by atoms with Crippen LogP contribution in [0.3, 0.4) is 0 Å². The van der Waals surface area contributed by atoms with E-state index in [-0.39, 0.29) is 22.8 Å². The van der Waals surface area contributed by atoms with E-state index in [0.29, 0.717) is 18.0 Å². The van der Waals surface area contributed by atoms with Crippen LogP contribution in [0.15, 0.2) is 95.9 Å². The second-order valence-corrected chi connectivity index (χ2v) is 12.1. The molecular weight excluding hydrogens is 484 g/mol. The van der Waals surface area contributed by atoms with Crippen LogP contribution in [0.4, 0.5) is 5.69 Å². The highest BCUT2D eigenvalue weighted by molar-refractivity contribution is 7.92. The number of nitrogens with zero attached hydrogens (tertiary/aromatic N) is 1. The van der Waals surface area contributed by atoms with E-state index >= 15 is 0 Å². The molecule has 0 saturated carbocycles. The molecule has 5 rings (SSSR count). The van der Waals surface area contributed by atoms with Gasteiger partial charge in [0.25, 0.3) is 15.9 Å². The Kier molecular flexibility index (Phi) is 6.42. The average molecular weight is 515 g/mol. The summed E-state index contributed by atoms with van der Waals surface area (Å²) in [6.07, 6.45) is -0.994. The number of hydrogen-bond donors (Lipinski definition) is 1. The third-order valence-electron chi connectivity index (χ3n) is 6.60. The van der Waals surface area contributed by atoms with Crippen LogP contribution in [0.1, 0.15) is 31.9 Å². The first-order chi connectivity index (χ1) is 17.6. The van der Waals surface area contributed by atoms with E-state index in [2.05, 4.69) is 26.1 Å². The summed E-state index contributed by atoms with van der Waals surface area (Å²) in [5.74, 6) is -0.00317. The Morgan fingerprint density at radius 1 is 0.919 bits per heavy atom. The lowest BCUT2D eigenvalue weighted by Crippen LogP contribution is -2.50. The molecule has 0 spiro atoms. The van der Waals surface area contributed by atoms with Gasteiger partial charge in [0.1, 0.15) is 5.75 Å². The Morgan fingerprint density at radius 3 is 2.35 bits per heavy atom. The molecule has 0 saturated heterocycles. The lowest BCUT2D eigenvalue weighted by molar-refractivity contribution is -0.127. The first kappa shape index (κ1) is 24.8. The fourth-order valence-corrected chi connectivity index (χ4v) is 5.94. The second-order valence-electron chi connectivity index (χ2n) is 10.3. The third-order valence-corrected chi connectivity index (χ3v) is 8.39. The summed E-state index contributed by atoms with van der Waals surface area (Å²) >= 11 is 0. The molecule has 0 radical (unpaired) electrons. The molecule has 0 bridgehead atoms. The zero-order valence-electron chi connectivity index (χ0n) is 21.1. The molecule has 6 nitrogen and oxygen atoms in total. The van der Waals surface area contributed by atoms with Crippen LogP contribution in [0.25, 0.3) is 10.8 Å². The van der Waals surface area contributed by atoms with Gasteiger partial charge in [-0.05, 0) is 57.6 Å². The number of sulfonamides is 1. The van der Waals surface area contributed by atoms with Gasteiger partial charge in [0, 0.05) is 6.54 Å². The average Bonchev–Trinajstić information content (AvgIpc) is 2.90. The van der Waals surface area contributed by atoms with Crippen molar-refractivity contribution in [2.75, 3.05) is 10.8 Å². The Labute approximate surface area is 217 Å². The molecule has 1 aliphatic rings. The highest BCUT2D eigenvalue weighted by atomic mass is 32.2.